The third-order valence-corrected chi connectivity index (χ3v) is 2.04. The van der Waals surface area contributed by atoms with Gasteiger partial charge in [0.15, 0.2) is 12.0 Å². The molecule has 1 aliphatic rings. The van der Waals surface area contributed by atoms with Gasteiger partial charge in [-0.15, -0.1) is 0 Å². The van der Waals surface area contributed by atoms with Crippen LogP contribution in [0.15, 0.2) is 17.3 Å². The van der Waals surface area contributed by atoms with Crippen molar-refractivity contribution in [1.29, 1.82) is 0 Å². The van der Waals surface area contributed by atoms with Gasteiger partial charge in [-0.25, -0.2) is 4.99 Å². The number of carbonyl (C=O) groups excluding carboxylic acids is 1. The van der Waals surface area contributed by atoms with Crippen molar-refractivity contribution in [2.24, 2.45) is 10.7 Å². The van der Waals surface area contributed by atoms with Gasteiger partial charge in [-0.2, -0.15) is 0 Å². The van der Waals surface area contributed by atoms with Crippen LogP contribution in [0.3, 0.4) is 0 Å². The fourth-order valence-electron chi connectivity index (χ4n) is 1.13. The Kier molecular flexibility index (Phi) is 4.11. The van der Waals surface area contributed by atoms with Gasteiger partial charge in [0.25, 0.3) is 0 Å². The topological polar surface area (TPSA) is 79.9 Å². The number of hydrogen-bond acceptors (Lipinski definition) is 5. The van der Waals surface area contributed by atoms with E-state index in [2.05, 4.69) is 10.3 Å². The van der Waals surface area contributed by atoms with Crippen LogP contribution >= 0.6 is 0 Å². The van der Waals surface area contributed by atoms with Gasteiger partial charge in [0.05, 0.1) is 6.61 Å². The molecule has 1 amide bonds. The number of carbonyl (C=O) groups is 1. The van der Waals surface area contributed by atoms with Gasteiger partial charge in [0, 0.05) is 26.9 Å². The summed E-state index contributed by atoms with van der Waals surface area (Å²) in [5.41, 5.74) is 5.16. The first-order valence-corrected chi connectivity index (χ1v) is 4.65. The van der Waals surface area contributed by atoms with Crippen molar-refractivity contribution in [2.75, 3.05) is 27.3 Å². The van der Waals surface area contributed by atoms with Crippen molar-refractivity contribution in [3.63, 3.8) is 0 Å². The summed E-state index contributed by atoms with van der Waals surface area (Å²) in [6, 6.07) is -0.578. The van der Waals surface area contributed by atoms with Crippen LogP contribution in [0.5, 0.6) is 0 Å². The number of amides is 1. The number of ether oxygens (including phenoxy) is 1. The third-order valence-electron chi connectivity index (χ3n) is 2.04. The summed E-state index contributed by atoms with van der Waals surface area (Å²) in [4.78, 5) is 16.9. The molecule has 0 fully saturated rings. The van der Waals surface area contributed by atoms with E-state index in [0.29, 0.717) is 19.1 Å². The van der Waals surface area contributed by atoms with E-state index < -0.39 is 11.9 Å². The first-order chi connectivity index (χ1) is 7.15. The van der Waals surface area contributed by atoms with E-state index in [-0.39, 0.29) is 0 Å². The summed E-state index contributed by atoms with van der Waals surface area (Å²) >= 11 is 0. The van der Waals surface area contributed by atoms with E-state index in [1.807, 2.05) is 11.9 Å². The molecule has 0 bridgehead atoms. The molecule has 84 valence electrons. The van der Waals surface area contributed by atoms with Gasteiger partial charge in [-0.1, -0.05) is 0 Å². The molecule has 1 atom stereocenters. The van der Waals surface area contributed by atoms with Crippen LogP contribution in [0.2, 0.25) is 0 Å². The number of nitrogens with zero attached hydrogens (tertiary/aromatic N) is 2. The summed E-state index contributed by atoms with van der Waals surface area (Å²) in [6.45, 7) is 1.30. The maximum atomic E-state index is 10.9. The highest BCUT2D eigenvalue weighted by Crippen LogP contribution is 2.00. The minimum absolute atomic E-state index is 0.453. The van der Waals surface area contributed by atoms with Crippen molar-refractivity contribution in [1.82, 2.24) is 10.2 Å². The second kappa shape index (κ2) is 5.35. The maximum absolute atomic E-state index is 10.9. The first kappa shape index (κ1) is 11.5. The molecule has 1 heterocycles. The summed E-state index contributed by atoms with van der Waals surface area (Å²) in [5.74, 6) is 0.170. The highest BCUT2D eigenvalue weighted by atomic mass is 16.5. The molecule has 0 aromatic rings. The van der Waals surface area contributed by atoms with Crippen LogP contribution in [0.25, 0.3) is 0 Å². The standard InChI is InChI=1S/C9H16N4O2/c1-13(5-6-15-2)9-11-4-3-7(12-9)8(10)14/h3-4,7H,5-6H2,1-2H3,(H2,10,14)(H,11,12). The van der Waals surface area contributed by atoms with Crippen molar-refractivity contribution in [3.8, 4) is 0 Å². The zero-order chi connectivity index (χ0) is 11.3. The Morgan fingerprint density at radius 3 is 3.13 bits per heavy atom. The van der Waals surface area contributed by atoms with Crippen LogP contribution in [0.1, 0.15) is 0 Å². The molecular formula is C9H16N4O2. The number of likely N-dealkylation sites (N-methyl/N-ethyl adjacent to an activating group) is 1. The molecule has 0 aromatic carbocycles. The number of nitrogens with two attached hydrogens (primary N) is 1. The second-order valence-corrected chi connectivity index (χ2v) is 3.22. The van der Waals surface area contributed by atoms with Crippen LogP contribution in [-0.2, 0) is 9.53 Å². The minimum Gasteiger partial charge on any atom is -0.383 e. The van der Waals surface area contributed by atoms with E-state index >= 15 is 0 Å². The molecular weight excluding hydrogens is 196 g/mol. The Balaban J connectivity index is 2.58. The average molecular weight is 212 g/mol. The third kappa shape index (κ3) is 3.25. The Hall–Kier alpha value is -1.56. The lowest BCUT2D eigenvalue weighted by Gasteiger charge is -2.23. The quantitative estimate of drug-likeness (QED) is 0.619. The smallest absolute Gasteiger partial charge is 0.246 e. The Labute approximate surface area is 88.8 Å². The highest BCUT2D eigenvalue weighted by Gasteiger charge is 2.16. The zero-order valence-electron chi connectivity index (χ0n) is 8.93. The summed E-state index contributed by atoms with van der Waals surface area (Å²) in [6.07, 6.45) is 3.29. The number of methoxy groups -OCH3 is 1. The predicted octanol–water partition coefficient (Wildman–Crippen LogP) is -1.11. The number of guanidine groups is 1. The summed E-state index contributed by atoms with van der Waals surface area (Å²) < 4.78 is 4.94. The van der Waals surface area contributed by atoms with E-state index in [1.165, 1.54) is 0 Å². The fourth-order valence-corrected chi connectivity index (χ4v) is 1.13. The van der Waals surface area contributed by atoms with Crippen molar-refractivity contribution in [3.05, 3.63) is 12.3 Å². The molecule has 0 saturated heterocycles. The second-order valence-electron chi connectivity index (χ2n) is 3.22. The van der Waals surface area contributed by atoms with Crippen LogP contribution in [0, 0.1) is 0 Å². The molecule has 0 aliphatic carbocycles. The van der Waals surface area contributed by atoms with Crippen LogP contribution < -0.4 is 11.1 Å². The molecule has 1 rings (SSSR count). The van der Waals surface area contributed by atoms with Crippen molar-refractivity contribution in [2.45, 2.75) is 6.04 Å². The number of rotatable bonds is 4. The fraction of sp³-hybridized carbons (Fsp3) is 0.556. The Morgan fingerprint density at radius 1 is 1.80 bits per heavy atom. The predicted molar refractivity (Wildman–Crippen MR) is 57.2 cm³/mol. The van der Waals surface area contributed by atoms with Gasteiger partial charge >= 0.3 is 0 Å². The Bertz CT molecular complexity index is 288. The monoisotopic (exact) mass is 212 g/mol. The SMILES string of the molecule is COCCN(C)C1=NC(C(N)=O)C=CN1. The molecule has 3 N–H and O–H groups in total. The van der Waals surface area contributed by atoms with Gasteiger partial charge in [-0.05, 0) is 6.08 Å². The minimum atomic E-state index is -0.578. The first-order valence-electron chi connectivity index (χ1n) is 4.65. The molecule has 0 radical (unpaired) electrons. The molecule has 6 heteroatoms. The molecule has 1 aliphatic heterocycles. The maximum Gasteiger partial charge on any atom is 0.246 e. The average Bonchev–Trinajstić information content (AvgIpc) is 2.26. The van der Waals surface area contributed by atoms with Crippen molar-refractivity contribution < 1.29 is 9.53 Å². The molecule has 0 saturated carbocycles. The molecule has 6 nitrogen and oxygen atoms in total. The molecule has 0 aromatic heterocycles. The van der Waals surface area contributed by atoms with Gasteiger partial charge < -0.3 is 20.7 Å². The van der Waals surface area contributed by atoms with E-state index in [4.69, 9.17) is 10.5 Å². The van der Waals surface area contributed by atoms with Crippen LogP contribution in [-0.4, -0.2) is 50.1 Å². The van der Waals surface area contributed by atoms with E-state index in [9.17, 15) is 4.79 Å². The molecule has 0 spiro atoms. The normalized spacial score (nSPS) is 19.3. The summed E-state index contributed by atoms with van der Waals surface area (Å²) in [5, 5.41) is 2.94. The highest BCUT2D eigenvalue weighted by molar-refractivity contribution is 5.89. The van der Waals surface area contributed by atoms with Crippen molar-refractivity contribution >= 4 is 11.9 Å². The molecule has 1 unspecified atom stereocenters. The van der Waals surface area contributed by atoms with E-state index in [1.54, 1.807) is 19.4 Å². The van der Waals surface area contributed by atoms with E-state index in [0.717, 1.165) is 0 Å². The van der Waals surface area contributed by atoms with Gasteiger partial charge in [-0.3, -0.25) is 4.79 Å². The number of aliphatic imine (C=N–C) groups is 1. The van der Waals surface area contributed by atoms with Gasteiger partial charge in [0.2, 0.25) is 5.91 Å². The van der Waals surface area contributed by atoms with Crippen LogP contribution in [0.4, 0.5) is 0 Å². The lowest BCUT2D eigenvalue weighted by Crippen LogP contribution is -2.42. The zero-order valence-corrected chi connectivity index (χ0v) is 8.93. The number of primary amides is 1. The number of hydrogen-bond donors (Lipinski definition) is 2. The number of nitrogens with one attached hydrogen (secondary N) is 1. The Morgan fingerprint density at radius 2 is 2.53 bits per heavy atom. The van der Waals surface area contributed by atoms with Gasteiger partial charge in [0.1, 0.15) is 0 Å². The molecule has 15 heavy (non-hydrogen) atoms. The largest absolute Gasteiger partial charge is 0.383 e. The summed E-state index contributed by atoms with van der Waals surface area (Å²) in [7, 11) is 3.50. The lowest BCUT2D eigenvalue weighted by molar-refractivity contribution is -0.118. The lowest BCUT2D eigenvalue weighted by atomic mass is 10.2.